The Balaban J connectivity index is 1.60. The lowest BCUT2D eigenvalue weighted by Crippen LogP contribution is -2.31. The number of aromatic amines is 1. The fraction of sp³-hybridized carbons (Fsp3) is 0.0909. The Kier molecular flexibility index (Phi) is 5.45. The summed E-state index contributed by atoms with van der Waals surface area (Å²) in [5.41, 5.74) is 0.780. The molecular weight excluding hydrogens is 394 g/mol. The number of nitrogens with zero attached hydrogens (tertiary/aromatic N) is 2. The summed E-state index contributed by atoms with van der Waals surface area (Å²) >= 11 is 0. The maximum Gasteiger partial charge on any atom is 0.416 e. The van der Waals surface area contributed by atoms with Crippen LogP contribution in [0.3, 0.4) is 0 Å². The van der Waals surface area contributed by atoms with E-state index in [-0.39, 0.29) is 0 Å². The molecule has 4 rings (SSSR count). The van der Waals surface area contributed by atoms with Crippen LogP contribution in [0.1, 0.15) is 11.3 Å². The van der Waals surface area contributed by atoms with E-state index in [1.807, 2.05) is 42.6 Å². The van der Waals surface area contributed by atoms with Gasteiger partial charge in [-0.25, -0.2) is 0 Å². The Bertz CT molecular complexity index is 1020. The molecule has 0 saturated carbocycles. The number of benzene rings is 3. The van der Waals surface area contributed by atoms with Crippen LogP contribution in [0.2, 0.25) is 0 Å². The lowest BCUT2D eigenvalue weighted by Gasteiger charge is -2.16. The third-order valence-electron chi connectivity index (χ3n) is 4.51. The molecule has 0 radical (unpaired) electrons. The highest BCUT2D eigenvalue weighted by atomic mass is 31.1. The summed E-state index contributed by atoms with van der Waals surface area (Å²) in [5, 5.41) is 9.77. The van der Waals surface area contributed by atoms with E-state index in [1.54, 1.807) is 4.68 Å². The minimum Gasteiger partial charge on any atom is -0.166 e. The lowest BCUT2D eigenvalue weighted by atomic mass is 10.2. The summed E-state index contributed by atoms with van der Waals surface area (Å²) in [5.74, 6) is 0. The Morgan fingerprint density at radius 3 is 1.86 bits per heavy atom. The minimum atomic E-state index is -4.34. The van der Waals surface area contributed by atoms with Crippen LogP contribution in [0.5, 0.6) is 0 Å². The maximum absolute atomic E-state index is 12.8. The molecule has 0 atom stereocenters. The molecule has 1 N–H and O–H groups in total. The van der Waals surface area contributed by atoms with Crippen molar-refractivity contribution in [2.45, 2.75) is 12.3 Å². The second-order valence-corrected chi connectivity index (χ2v) is 8.71. The molecule has 3 nitrogen and oxygen atoms in total. The zero-order valence-corrected chi connectivity index (χ0v) is 16.2. The third kappa shape index (κ3) is 4.54. The predicted molar refractivity (Wildman–Crippen MR) is 108 cm³/mol. The van der Waals surface area contributed by atoms with E-state index in [9.17, 15) is 13.2 Å². The minimum absolute atomic E-state index is 0.598. The molecule has 0 aliphatic heterocycles. The van der Waals surface area contributed by atoms with Crippen LogP contribution in [0.25, 0.3) is 5.69 Å². The number of nitrogens with one attached hydrogen (secondary N) is 1. The highest BCUT2D eigenvalue weighted by Gasteiger charge is 2.30. The van der Waals surface area contributed by atoms with Gasteiger partial charge in [0.25, 0.3) is 0 Å². The maximum atomic E-state index is 12.8. The third-order valence-corrected chi connectivity index (χ3v) is 6.99. The van der Waals surface area contributed by atoms with Crippen LogP contribution < -0.4 is 15.3 Å². The van der Waals surface area contributed by atoms with Gasteiger partial charge in [-0.15, -0.1) is 4.68 Å². The molecule has 29 heavy (non-hydrogen) atoms. The van der Waals surface area contributed by atoms with Gasteiger partial charge in [0.05, 0.1) is 5.56 Å². The van der Waals surface area contributed by atoms with E-state index >= 15 is 0 Å². The second-order valence-electron chi connectivity index (χ2n) is 6.50. The number of rotatable bonds is 5. The van der Waals surface area contributed by atoms with Crippen LogP contribution >= 0.6 is 7.92 Å². The molecule has 146 valence electrons. The van der Waals surface area contributed by atoms with E-state index in [2.05, 4.69) is 34.6 Å². The number of alkyl halides is 3. The van der Waals surface area contributed by atoms with Crippen molar-refractivity contribution in [2.75, 3.05) is 0 Å². The molecule has 0 bridgehead atoms. The monoisotopic (exact) mass is 412 g/mol. The first-order valence-electron chi connectivity index (χ1n) is 9.02. The van der Waals surface area contributed by atoms with Gasteiger partial charge in [0.2, 0.25) is 5.69 Å². The number of hydrogen-bond acceptors (Lipinski definition) is 1. The van der Waals surface area contributed by atoms with E-state index in [1.165, 1.54) is 22.7 Å². The first-order chi connectivity index (χ1) is 14.0. The van der Waals surface area contributed by atoms with Crippen LogP contribution in [0, 0.1) is 0 Å². The summed E-state index contributed by atoms with van der Waals surface area (Å²) in [6.07, 6.45) is -1.78. The second kappa shape index (κ2) is 8.18. The summed E-state index contributed by atoms with van der Waals surface area (Å²) in [4.78, 5) is 0. The number of hydrogen-bond donors (Lipinski definition) is 1. The highest BCUT2D eigenvalue weighted by molar-refractivity contribution is 7.72. The van der Waals surface area contributed by atoms with Crippen molar-refractivity contribution >= 4 is 18.5 Å². The molecule has 4 aromatic rings. The quantitative estimate of drug-likeness (QED) is 0.384. The van der Waals surface area contributed by atoms with Crippen molar-refractivity contribution in [3.63, 3.8) is 0 Å². The predicted octanol–water partition coefficient (Wildman–Crippen LogP) is 4.34. The molecule has 1 aromatic heterocycles. The molecule has 0 aliphatic rings. The molecule has 0 fully saturated rings. The van der Waals surface area contributed by atoms with E-state index in [0.717, 1.165) is 24.0 Å². The van der Waals surface area contributed by atoms with Crippen molar-refractivity contribution in [2.24, 2.45) is 0 Å². The zero-order valence-electron chi connectivity index (χ0n) is 15.3. The van der Waals surface area contributed by atoms with Gasteiger partial charge >= 0.3 is 6.18 Å². The number of H-pyrrole nitrogens is 1. The number of halogens is 3. The molecule has 0 unspecified atom stereocenters. The van der Waals surface area contributed by atoms with Crippen molar-refractivity contribution in [3.05, 3.63) is 102 Å². The van der Waals surface area contributed by atoms with Gasteiger partial charge in [0.1, 0.15) is 0 Å². The van der Waals surface area contributed by atoms with Crippen LogP contribution in [0.4, 0.5) is 13.2 Å². The average Bonchev–Trinajstić information content (AvgIpc) is 3.21. The van der Waals surface area contributed by atoms with Crippen molar-refractivity contribution in [1.82, 2.24) is 10.3 Å². The largest absolute Gasteiger partial charge is 0.416 e. The molecule has 7 heteroatoms. The molecule has 0 amide bonds. The summed E-state index contributed by atoms with van der Waals surface area (Å²) in [7, 11) is -0.648. The molecule has 1 heterocycles. The lowest BCUT2D eigenvalue weighted by molar-refractivity contribution is -0.659. The highest BCUT2D eigenvalue weighted by Crippen LogP contribution is 2.37. The van der Waals surface area contributed by atoms with Crippen molar-refractivity contribution < 1.29 is 17.9 Å². The van der Waals surface area contributed by atoms with Crippen LogP contribution in [-0.4, -0.2) is 10.3 Å². The molecule has 0 saturated heterocycles. The topological polar surface area (TPSA) is 32.6 Å². The normalized spacial score (nSPS) is 11.7. The molecule has 0 aliphatic carbocycles. The van der Waals surface area contributed by atoms with Gasteiger partial charge in [0, 0.05) is 11.3 Å². The van der Waals surface area contributed by atoms with Crippen LogP contribution in [0.15, 0.2) is 91.1 Å². The van der Waals surface area contributed by atoms with Gasteiger partial charge < -0.3 is 0 Å². The Hall–Kier alpha value is -2.98. The van der Waals surface area contributed by atoms with Crippen LogP contribution in [-0.2, 0) is 12.3 Å². The smallest absolute Gasteiger partial charge is 0.166 e. The molecular formula is C22H18F3N3P+. The standard InChI is InChI=1S/C22H17F3N3P/c23-22(24,25)17-11-13-19(14-12-17)28-15-18(26-27-28)16-29(20-7-3-1-4-8-20)21-9-5-2-6-10-21/h1-15H,16H2/p+1. The van der Waals surface area contributed by atoms with Gasteiger partial charge in [-0.3, -0.25) is 0 Å². The fourth-order valence-corrected chi connectivity index (χ4v) is 5.26. The summed E-state index contributed by atoms with van der Waals surface area (Å²) in [6.45, 7) is 0. The molecule has 3 aromatic carbocycles. The molecule has 0 spiro atoms. The van der Waals surface area contributed by atoms with Crippen molar-refractivity contribution in [1.29, 1.82) is 0 Å². The number of aromatic nitrogens is 3. The Labute approximate surface area is 167 Å². The zero-order chi connectivity index (χ0) is 20.3. The first kappa shape index (κ1) is 19.3. The van der Waals surface area contributed by atoms with E-state index < -0.39 is 19.7 Å². The van der Waals surface area contributed by atoms with Gasteiger partial charge in [-0.1, -0.05) is 65.9 Å². The van der Waals surface area contributed by atoms with Gasteiger partial charge in [-0.05, 0) is 42.8 Å². The van der Waals surface area contributed by atoms with E-state index in [0.29, 0.717) is 5.69 Å². The Morgan fingerprint density at radius 2 is 1.34 bits per heavy atom. The van der Waals surface area contributed by atoms with Crippen molar-refractivity contribution in [3.8, 4) is 5.69 Å². The Morgan fingerprint density at radius 1 is 0.793 bits per heavy atom. The average molecular weight is 412 g/mol. The summed E-state index contributed by atoms with van der Waals surface area (Å²) in [6, 6.07) is 25.6. The van der Waals surface area contributed by atoms with Gasteiger partial charge in [-0.2, -0.15) is 13.2 Å². The van der Waals surface area contributed by atoms with E-state index in [4.69, 9.17) is 0 Å². The first-order valence-corrected chi connectivity index (χ1v) is 10.5. The fourth-order valence-electron chi connectivity index (χ4n) is 3.05. The SMILES string of the molecule is FC(F)(F)c1ccc(-[n+]2cc(CP(c3ccccc3)c3ccccc3)n[nH]2)cc1. The summed E-state index contributed by atoms with van der Waals surface area (Å²) < 4.78 is 39.9. The van der Waals surface area contributed by atoms with Gasteiger partial charge in [0.15, 0.2) is 11.9 Å².